The maximum absolute atomic E-state index is 11.1. The largest absolute Gasteiger partial charge is 0.496 e. The third-order valence-electron chi connectivity index (χ3n) is 2.00. The van der Waals surface area contributed by atoms with Crippen molar-refractivity contribution in [3.63, 3.8) is 0 Å². The number of amides is 1. The highest BCUT2D eigenvalue weighted by molar-refractivity contribution is 6.31. The summed E-state index contributed by atoms with van der Waals surface area (Å²) in [7, 11) is 1.53. The molecule has 1 aromatic rings. The molecule has 0 saturated heterocycles. The zero-order valence-electron chi connectivity index (χ0n) is 8.79. The van der Waals surface area contributed by atoms with E-state index in [0.717, 1.165) is 0 Å². The van der Waals surface area contributed by atoms with Crippen LogP contribution in [0.15, 0.2) is 18.2 Å². The highest BCUT2D eigenvalue weighted by atomic mass is 35.5. The van der Waals surface area contributed by atoms with Gasteiger partial charge in [-0.2, -0.15) is 5.26 Å². The molecule has 16 heavy (non-hydrogen) atoms. The summed E-state index contributed by atoms with van der Waals surface area (Å²) in [6.45, 7) is 0.253. The van der Waals surface area contributed by atoms with Crippen LogP contribution in [-0.2, 0) is 11.3 Å². The average molecular weight is 239 g/mol. The molecule has 5 heteroatoms. The second-order valence-electron chi connectivity index (χ2n) is 3.03. The molecule has 0 aromatic heterocycles. The number of rotatable bonds is 4. The van der Waals surface area contributed by atoms with Gasteiger partial charge in [0.2, 0.25) is 5.91 Å². The summed E-state index contributed by atoms with van der Waals surface area (Å²) in [5.41, 5.74) is 0.706. The molecule has 0 saturated carbocycles. The first-order chi connectivity index (χ1) is 7.69. The van der Waals surface area contributed by atoms with E-state index in [9.17, 15) is 4.79 Å². The van der Waals surface area contributed by atoms with Crippen LogP contribution in [0.25, 0.3) is 0 Å². The van der Waals surface area contributed by atoms with Crippen LogP contribution >= 0.6 is 11.6 Å². The highest BCUT2D eigenvalue weighted by Crippen LogP contribution is 2.25. The monoisotopic (exact) mass is 238 g/mol. The molecule has 0 radical (unpaired) electrons. The van der Waals surface area contributed by atoms with Gasteiger partial charge in [-0.1, -0.05) is 17.7 Å². The first-order valence-electron chi connectivity index (χ1n) is 4.64. The zero-order chi connectivity index (χ0) is 12.0. The molecular weight excluding hydrogens is 228 g/mol. The third-order valence-corrected chi connectivity index (χ3v) is 2.35. The van der Waals surface area contributed by atoms with Crippen molar-refractivity contribution < 1.29 is 9.53 Å². The number of carbonyl (C=O) groups is 1. The van der Waals surface area contributed by atoms with E-state index in [1.54, 1.807) is 24.3 Å². The number of halogens is 1. The Balaban J connectivity index is 2.73. The van der Waals surface area contributed by atoms with Crippen molar-refractivity contribution in [1.82, 2.24) is 5.32 Å². The van der Waals surface area contributed by atoms with Gasteiger partial charge in [-0.05, 0) is 12.1 Å². The van der Waals surface area contributed by atoms with Gasteiger partial charge in [0, 0.05) is 17.1 Å². The lowest BCUT2D eigenvalue weighted by molar-refractivity contribution is -0.120. The van der Waals surface area contributed by atoms with E-state index < -0.39 is 0 Å². The number of nitriles is 1. The van der Waals surface area contributed by atoms with Crippen LogP contribution in [0.1, 0.15) is 12.0 Å². The molecule has 1 rings (SSSR count). The summed E-state index contributed by atoms with van der Waals surface area (Å²) in [6, 6.07) is 7.02. The minimum atomic E-state index is -0.329. The maximum atomic E-state index is 11.1. The van der Waals surface area contributed by atoms with Crippen molar-refractivity contribution in [3.8, 4) is 11.8 Å². The van der Waals surface area contributed by atoms with Crippen LogP contribution in [-0.4, -0.2) is 13.0 Å². The molecule has 0 unspecified atom stereocenters. The SMILES string of the molecule is COc1cccc(Cl)c1CNC(=O)CC#N. The van der Waals surface area contributed by atoms with E-state index in [0.29, 0.717) is 16.3 Å². The molecule has 1 amide bonds. The standard InChI is InChI=1S/C11H11ClN2O2/c1-16-10-4-2-3-9(12)8(10)7-14-11(15)5-6-13/h2-4H,5,7H2,1H3,(H,14,15). The van der Waals surface area contributed by atoms with Gasteiger partial charge in [-0.15, -0.1) is 0 Å². The van der Waals surface area contributed by atoms with Crippen LogP contribution < -0.4 is 10.1 Å². The third kappa shape index (κ3) is 3.14. The Morgan fingerprint density at radius 3 is 3.00 bits per heavy atom. The molecule has 0 bridgehead atoms. The van der Waals surface area contributed by atoms with Crippen molar-refractivity contribution in [3.05, 3.63) is 28.8 Å². The number of benzene rings is 1. The van der Waals surface area contributed by atoms with Crippen molar-refractivity contribution in [2.24, 2.45) is 0 Å². The van der Waals surface area contributed by atoms with Crippen LogP contribution in [0.2, 0.25) is 5.02 Å². The van der Waals surface area contributed by atoms with Gasteiger partial charge < -0.3 is 10.1 Å². The first kappa shape index (κ1) is 12.3. The lowest BCUT2D eigenvalue weighted by atomic mass is 10.2. The molecule has 0 aliphatic heterocycles. The maximum Gasteiger partial charge on any atom is 0.234 e. The number of hydrogen-bond donors (Lipinski definition) is 1. The van der Waals surface area contributed by atoms with E-state index in [-0.39, 0.29) is 18.9 Å². The molecule has 0 fully saturated rings. The predicted octanol–water partition coefficient (Wildman–Crippen LogP) is 1.88. The summed E-state index contributed by atoms with van der Waals surface area (Å²) < 4.78 is 5.12. The molecule has 0 spiro atoms. The topological polar surface area (TPSA) is 62.1 Å². The Morgan fingerprint density at radius 1 is 1.62 bits per heavy atom. The van der Waals surface area contributed by atoms with E-state index in [2.05, 4.69) is 5.32 Å². The van der Waals surface area contributed by atoms with E-state index in [1.165, 1.54) is 7.11 Å². The first-order valence-corrected chi connectivity index (χ1v) is 5.02. The van der Waals surface area contributed by atoms with Crippen LogP contribution in [0, 0.1) is 11.3 Å². The normalized spacial score (nSPS) is 9.31. The lowest BCUT2D eigenvalue weighted by Crippen LogP contribution is -2.22. The second-order valence-corrected chi connectivity index (χ2v) is 3.44. The van der Waals surface area contributed by atoms with Crippen LogP contribution in [0.4, 0.5) is 0 Å². The molecule has 0 heterocycles. The zero-order valence-corrected chi connectivity index (χ0v) is 9.54. The minimum Gasteiger partial charge on any atom is -0.496 e. The second kappa shape index (κ2) is 5.99. The van der Waals surface area contributed by atoms with E-state index in [1.807, 2.05) is 0 Å². The Bertz CT molecular complexity index is 426. The summed E-state index contributed by atoms with van der Waals surface area (Å²) in [5, 5.41) is 11.4. The van der Waals surface area contributed by atoms with Crippen molar-refractivity contribution in [2.75, 3.05) is 7.11 Å². The molecule has 0 aliphatic rings. The van der Waals surface area contributed by atoms with Crippen molar-refractivity contribution in [1.29, 1.82) is 5.26 Å². The summed E-state index contributed by atoms with van der Waals surface area (Å²) >= 11 is 5.97. The number of ether oxygens (including phenoxy) is 1. The molecule has 84 valence electrons. The Morgan fingerprint density at radius 2 is 2.38 bits per heavy atom. The van der Waals surface area contributed by atoms with Crippen molar-refractivity contribution >= 4 is 17.5 Å². The number of methoxy groups -OCH3 is 1. The fourth-order valence-corrected chi connectivity index (χ4v) is 1.46. The smallest absolute Gasteiger partial charge is 0.234 e. The fraction of sp³-hybridized carbons (Fsp3) is 0.273. The highest BCUT2D eigenvalue weighted by Gasteiger charge is 2.08. The minimum absolute atomic E-state index is 0.160. The molecular formula is C11H11ClN2O2. The van der Waals surface area contributed by atoms with Crippen LogP contribution in [0.3, 0.4) is 0 Å². The van der Waals surface area contributed by atoms with Crippen LogP contribution in [0.5, 0.6) is 5.75 Å². The van der Waals surface area contributed by atoms with E-state index in [4.69, 9.17) is 21.6 Å². The number of carbonyl (C=O) groups excluding carboxylic acids is 1. The Kier molecular flexibility index (Phi) is 4.62. The van der Waals surface area contributed by atoms with Gasteiger partial charge >= 0.3 is 0 Å². The van der Waals surface area contributed by atoms with Crippen molar-refractivity contribution in [2.45, 2.75) is 13.0 Å². The summed E-state index contributed by atoms with van der Waals surface area (Å²) in [5.74, 6) is 0.286. The fourth-order valence-electron chi connectivity index (χ4n) is 1.22. The quantitative estimate of drug-likeness (QED) is 0.871. The number of nitrogens with one attached hydrogen (secondary N) is 1. The average Bonchev–Trinajstić information content (AvgIpc) is 2.27. The van der Waals surface area contributed by atoms with Gasteiger partial charge in [0.1, 0.15) is 12.2 Å². The van der Waals surface area contributed by atoms with Gasteiger partial charge in [-0.3, -0.25) is 4.79 Å². The predicted molar refractivity (Wildman–Crippen MR) is 60.1 cm³/mol. The molecule has 0 atom stereocenters. The van der Waals surface area contributed by atoms with Gasteiger partial charge in [0.15, 0.2) is 0 Å². The summed E-state index contributed by atoms with van der Waals surface area (Å²) in [4.78, 5) is 11.1. The van der Waals surface area contributed by atoms with Gasteiger partial charge in [0.05, 0.1) is 13.2 Å². The molecule has 4 nitrogen and oxygen atoms in total. The number of hydrogen-bond acceptors (Lipinski definition) is 3. The summed E-state index contributed by atoms with van der Waals surface area (Å²) in [6.07, 6.45) is -0.160. The Labute approximate surface area is 98.8 Å². The molecule has 1 N–H and O–H groups in total. The van der Waals surface area contributed by atoms with Gasteiger partial charge in [0.25, 0.3) is 0 Å². The lowest BCUT2D eigenvalue weighted by Gasteiger charge is -2.10. The Hall–Kier alpha value is -1.73. The van der Waals surface area contributed by atoms with E-state index >= 15 is 0 Å². The number of nitrogens with zero attached hydrogens (tertiary/aromatic N) is 1. The van der Waals surface area contributed by atoms with Gasteiger partial charge in [-0.25, -0.2) is 0 Å². The molecule has 0 aliphatic carbocycles. The molecule has 1 aromatic carbocycles.